The van der Waals surface area contributed by atoms with Crippen LogP contribution in [0.2, 0.25) is 0 Å². The Morgan fingerprint density at radius 3 is 2.00 bits per heavy atom. The van der Waals surface area contributed by atoms with Crippen LogP contribution in [0.5, 0.6) is 0 Å². The molecule has 1 aliphatic carbocycles. The Morgan fingerprint density at radius 2 is 1.45 bits per heavy atom. The Morgan fingerprint density at radius 1 is 0.900 bits per heavy atom. The van der Waals surface area contributed by atoms with Crippen molar-refractivity contribution >= 4 is 11.4 Å². The van der Waals surface area contributed by atoms with Crippen LogP contribution < -0.4 is 5.43 Å². The van der Waals surface area contributed by atoms with Crippen LogP contribution in [-0.4, -0.2) is 5.71 Å². The maximum absolute atomic E-state index is 13.4. The molecule has 2 rings (SSSR count). The molecule has 20 heavy (non-hydrogen) atoms. The number of hydrazone groups is 1. The van der Waals surface area contributed by atoms with Gasteiger partial charge in [-0.1, -0.05) is 13.3 Å². The largest absolute Gasteiger partial charge is 0.272 e. The first-order valence-electron chi connectivity index (χ1n) is 6.27. The first-order chi connectivity index (χ1) is 9.43. The van der Waals surface area contributed by atoms with Crippen molar-refractivity contribution in [2.24, 2.45) is 11.0 Å². The molecule has 1 aromatic rings. The maximum Gasteiger partial charge on any atom is 0.200 e. The summed E-state index contributed by atoms with van der Waals surface area (Å²) in [5.41, 5.74) is 1.53. The third-order valence-electron chi connectivity index (χ3n) is 3.41. The zero-order valence-corrected chi connectivity index (χ0v) is 10.7. The molecule has 1 aliphatic rings. The third-order valence-corrected chi connectivity index (χ3v) is 3.41. The van der Waals surface area contributed by atoms with Gasteiger partial charge >= 0.3 is 0 Å². The number of anilines is 1. The van der Waals surface area contributed by atoms with Gasteiger partial charge in [0.1, 0.15) is 5.69 Å². The molecular formula is C13H13F5N2. The number of nitrogens with zero attached hydrogens (tertiary/aromatic N) is 1. The number of hydrogen-bond donors (Lipinski definition) is 1. The predicted molar refractivity (Wildman–Crippen MR) is 64.9 cm³/mol. The van der Waals surface area contributed by atoms with Crippen LogP contribution >= 0.6 is 0 Å². The second-order valence-corrected chi connectivity index (χ2v) is 4.81. The lowest BCUT2D eigenvalue weighted by Gasteiger charge is -2.20. The number of nitrogens with one attached hydrogen (secondary N) is 1. The summed E-state index contributed by atoms with van der Waals surface area (Å²) < 4.78 is 65.7. The number of rotatable bonds is 2. The Kier molecular flexibility index (Phi) is 4.25. The predicted octanol–water partition coefficient (Wildman–Crippen LogP) is 4.36. The van der Waals surface area contributed by atoms with Crippen molar-refractivity contribution in [3.05, 3.63) is 29.1 Å². The van der Waals surface area contributed by atoms with Gasteiger partial charge in [0.25, 0.3) is 0 Å². The molecule has 1 aromatic carbocycles. The van der Waals surface area contributed by atoms with Crippen LogP contribution in [0.4, 0.5) is 27.6 Å². The number of halogens is 5. The molecule has 0 aliphatic heterocycles. The highest BCUT2D eigenvalue weighted by atomic mass is 19.2. The summed E-state index contributed by atoms with van der Waals surface area (Å²) in [6.45, 7) is 1.90. The summed E-state index contributed by atoms with van der Waals surface area (Å²) in [5.74, 6) is -9.84. The summed E-state index contributed by atoms with van der Waals surface area (Å²) in [7, 11) is 0. The molecule has 110 valence electrons. The van der Waals surface area contributed by atoms with Crippen molar-refractivity contribution in [3.63, 3.8) is 0 Å². The fourth-order valence-electron chi connectivity index (χ4n) is 2.17. The summed E-state index contributed by atoms with van der Waals surface area (Å²) in [6, 6.07) is 0. The molecule has 0 heterocycles. The maximum atomic E-state index is 13.4. The van der Waals surface area contributed by atoms with E-state index in [-0.39, 0.29) is 5.92 Å². The van der Waals surface area contributed by atoms with E-state index in [0.717, 1.165) is 19.3 Å². The van der Waals surface area contributed by atoms with Crippen molar-refractivity contribution in [1.82, 2.24) is 0 Å². The zero-order valence-electron chi connectivity index (χ0n) is 10.7. The number of hydrogen-bond acceptors (Lipinski definition) is 2. The lowest BCUT2D eigenvalue weighted by atomic mass is 9.89. The average molecular weight is 292 g/mol. The first kappa shape index (κ1) is 14.7. The van der Waals surface area contributed by atoms with Gasteiger partial charge in [-0.05, 0) is 25.2 Å². The second-order valence-electron chi connectivity index (χ2n) is 4.81. The van der Waals surface area contributed by atoms with Crippen molar-refractivity contribution in [3.8, 4) is 0 Å². The lowest BCUT2D eigenvalue weighted by Crippen LogP contribution is -2.18. The van der Waals surface area contributed by atoms with Gasteiger partial charge < -0.3 is 0 Å². The van der Waals surface area contributed by atoms with Crippen molar-refractivity contribution < 1.29 is 22.0 Å². The smallest absolute Gasteiger partial charge is 0.200 e. The molecule has 1 fully saturated rings. The van der Waals surface area contributed by atoms with Gasteiger partial charge in [0, 0.05) is 5.71 Å². The SMILES string of the molecule is C[C@H]1CCCC/C1=N/Nc1c(F)c(F)c(F)c(F)c1F. The molecule has 1 atom stereocenters. The highest BCUT2D eigenvalue weighted by molar-refractivity contribution is 5.87. The summed E-state index contributed by atoms with van der Waals surface area (Å²) in [5, 5.41) is 3.80. The lowest BCUT2D eigenvalue weighted by molar-refractivity contribution is 0.381. The Labute approximate surface area is 112 Å². The molecule has 1 saturated carbocycles. The minimum absolute atomic E-state index is 0.123. The topological polar surface area (TPSA) is 24.4 Å². The normalized spacial score (nSPS) is 21.3. The molecule has 7 heteroatoms. The first-order valence-corrected chi connectivity index (χ1v) is 6.27. The van der Waals surface area contributed by atoms with Crippen LogP contribution in [-0.2, 0) is 0 Å². The molecule has 0 unspecified atom stereocenters. The minimum atomic E-state index is -2.18. The van der Waals surface area contributed by atoms with E-state index in [1.165, 1.54) is 0 Å². The van der Waals surface area contributed by atoms with Gasteiger partial charge in [-0.15, -0.1) is 0 Å². The van der Waals surface area contributed by atoms with Crippen molar-refractivity contribution in [2.75, 3.05) is 5.43 Å². The van der Waals surface area contributed by atoms with E-state index in [2.05, 4.69) is 5.10 Å². The second kappa shape index (κ2) is 5.76. The van der Waals surface area contributed by atoms with Gasteiger partial charge in [-0.25, -0.2) is 22.0 Å². The number of benzene rings is 1. The standard InChI is InChI=1S/C13H13F5N2/c1-6-4-2-3-5-7(6)19-20-13-11(17)9(15)8(14)10(16)12(13)18/h6,20H,2-5H2,1H3/b19-7-/t6-/m0/s1. The van der Waals surface area contributed by atoms with E-state index in [4.69, 9.17) is 0 Å². The van der Waals surface area contributed by atoms with Crippen molar-refractivity contribution in [2.45, 2.75) is 32.6 Å². The molecule has 0 saturated heterocycles. The molecule has 0 radical (unpaired) electrons. The van der Waals surface area contributed by atoms with Crippen LogP contribution in [0.3, 0.4) is 0 Å². The van der Waals surface area contributed by atoms with E-state index >= 15 is 0 Å². The van der Waals surface area contributed by atoms with Crippen LogP contribution in [0.15, 0.2) is 5.10 Å². The Balaban J connectivity index is 2.32. The Bertz CT molecular complexity index is 527. The summed E-state index contributed by atoms with van der Waals surface area (Å²) in [4.78, 5) is 0. The van der Waals surface area contributed by atoms with E-state index in [0.29, 0.717) is 12.1 Å². The third kappa shape index (κ3) is 2.62. The molecule has 0 amide bonds. The Hall–Kier alpha value is -1.66. The fourth-order valence-corrected chi connectivity index (χ4v) is 2.17. The van der Waals surface area contributed by atoms with Gasteiger partial charge in [0.05, 0.1) is 0 Å². The van der Waals surface area contributed by atoms with E-state index in [1.807, 2.05) is 12.3 Å². The van der Waals surface area contributed by atoms with Crippen LogP contribution in [0.1, 0.15) is 32.6 Å². The molecule has 2 nitrogen and oxygen atoms in total. The zero-order chi connectivity index (χ0) is 14.9. The van der Waals surface area contributed by atoms with Gasteiger partial charge in [-0.3, -0.25) is 5.43 Å². The highest BCUT2D eigenvalue weighted by Crippen LogP contribution is 2.28. The molecule has 0 aromatic heterocycles. The van der Waals surface area contributed by atoms with Gasteiger partial charge in [0.2, 0.25) is 5.82 Å². The molecule has 0 spiro atoms. The molecule has 0 bridgehead atoms. The molecular weight excluding hydrogens is 279 g/mol. The molecule has 1 N–H and O–H groups in total. The van der Waals surface area contributed by atoms with Crippen LogP contribution in [0.25, 0.3) is 0 Å². The highest BCUT2D eigenvalue weighted by Gasteiger charge is 2.26. The van der Waals surface area contributed by atoms with Gasteiger partial charge in [-0.2, -0.15) is 5.10 Å². The van der Waals surface area contributed by atoms with Crippen LogP contribution in [0, 0.1) is 35.0 Å². The minimum Gasteiger partial charge on any atom is -0.272 e. The van der Waals surface area contributed by atoms with E-state index in [1.54, 1.807) is 0 Å². The fraction of sp³-hybridized carbons (Fsp3) is 0.462. The monoisotopic (exact) mass is 292 g/mol. The van der Waals surface area contributed by atoms with E-state index < -0.39 is 34.8 Å². The van der Waals surface area contributed by atoms with Gasteiger partial charge in [0.15, 0.2) is 23.3 Å². The quantitative estimate of drug-likeness (QED) is 0.372. The summed E-state index contributed by atoms with van der Waals surface area (Å²) >= 11 is 0. The van der Waals surface area contributed by atoms with Crippen molar-refractivity contribution in [1.29, 1.82) is 0 Å². The summed E-state index contributed by atoms with van der Waals surface area (Å²) in [6.07, 6.45) is 3.45. The van der Waals surface area contributed by atoms with E-state index in [9.17, 15) is 22.0 Å². The average Bonchev–Trinajstić information content (AvgIpc) is 2.45.